The molecule has 0 unspecified atom stereocenters. The van der Waals surface area contributed by atoms with E-state index >= 15 is 0 Å². The summed E-state index contributed by atoms with van der Waals surface area (Å²) in [5, 5.41) is 0. The van der Waals surface area contributed by atoms with E-state index < -0.39 is 0 Å². The van der Waals surface area contributed by atoms with Gasteiger partial charge in [-0.3, -0.25) is 4.79 Å². The summed E-state index contributed by atoms with van der Waals surface area (Å²) in [5.74, 6) is 1.43. The number of amides is 1. The van der Waals surface area contributed by atoms with Crippen LogP contribution in [0.3, 0.4) is 0 Å². The molecule has 216 valence electrons. The number of pyridine rings is 1. The maximum absolute atomic E-state index is 13.7. The van der Waals surface area contributed by atoms with Gasteiger partial charge in [-0.2, -0.15) is 0 Å². The first-order chi connectivity index (χ1) is 19.5. The monoisotopic (exact) mass is 545 g/mol. The predicted octanol–water partition coefficient (Wildman–Crippen LogP) is 7.97. The summed E-state index contributed by atoms with van der Waals surface area (Å²) in [6.45, 7) is 6.11. The van der Waals surface area contributed by atoms with Crippen LogP contribution in [0.15, 0.2) is 67.0 Å². The lowest BCUT2D eigenvalue weighted by atomic mass is 10.1. The number of hydrogen-bond donors (Lipinski definition) is 0. The zero-order valence-corrected chi connectivity index (χ0v) is 25.2. The number of ether oxygens (including phenoxy) is 2. The topological polar surface area (TPSA) is 42.7 Å². The lowest BCUT2D eigenvalue weighted by Crippen LogP contribution is -2.33. The summed E-state index contributed by atoms with van der Waals surface area (Å²) in [6, 6.07) is 17.7. The summed E-state index contributed by atoms with van der Waals surface area (Å²) in [5.41, 5.74) is 3.87. The number of benzene rings is 2. The maximum Gasteiger partial charge on any atom is 0.258 e. The minimum atomic E-state index is -0.0513. The van der Waals surface area contributed by atoms with Gasteiger partial charge < -0.3 is 14.4 Å². The molecule has 1 amide bonds. The summed E-state index contributed by atoms with van der Waals surface area (Å²) < 4.78 is 13.6. The Hall–Kier alpha value is -3.34. The van der Waals surface area contributed by atoms with Gasteiger partial charge in [0.05, 0.1) is 25.8 Å². The molecule has 0 aliphatic heterocycles. The van der Waals surface area contributed by atoms with Gasteiger partial charge in [-0.15, -0.1) is 0 Å². The Morgan fingerprint density at radius 2 is 1.55 bits per heavy atom. The molecule has 0 aliphatic rings. The SMILES string of the molecule is CCCCCCCCCCCCOc1ccc(CN(Cc2ccc[n+](C)c2)C(=O)c2ccccc2OC)c(C)c1. The molecule has 5 heteroatoms. The second-order valence-corrected chi connectivity index (χ2v) is 10.9. The molecule has 1 heterocycles. The van der Waals surface area contributed by atoms with Crippen molar-refractivity contribution >= 4 is 5.91 Å². The second kappa shape index (κ2) is 17.4. The largest absolute Gasteiger partial charge is 0.496 e. The van der Waals surface area contributed by atoms with Gasteiger partial charge in [-0.05, 0) is 54.8 Å². The zero-order chi connectivity index (χ0) is 28.6. The third-order valence-electron chi connectivity index (χ3n) is 7.44. The molecule has 0 atom stereocenters. The van der Waals surface area contributed by atoms with Gasteiger partial charge in [0.2, 0.25) is 0 Å². The van der Waals surface area contributed by atoms with E-state index in [4.69, 9.17) is 9.47 Å². The van der Waals surface area contributed by atoms with Crippen LogP contribution in [0.4, 0.5) is 0 Å². The van der Waals surface area contributed by atoms with E-state index in [9.17, 15) is 4.79 Å². The highest BCUT2D eigenvalue weighted by molar-refractivity contribution is 5.96. The average molecular weight is 546 g/mol. The zero-order valence-electron chi connectivity index (χ0n) is 25.2. The number of rotatable bonds is 18. The molecular weight excluding hydrogens is 496 g/mol. The molecule has 0 fully saturated rings. The summed E-state index contributed by atoms with van der Waals surface area (Å²) in [7, 11) is 3.60. The molecule has 0 saturated heterocycles. The number of hydrogen-bond acceptors (Lipinski definition) is 3. The molecule has 3 rings (SSSR count). The molecule has 0 bridgehead atoms. The molecule has 0 spiro atoms. The molecule has 5 nitrogen and oxygen atoms in total. The summed E-state index contributed by atoms with van der Waals surface area (Å²) >= 11 is 0. The first-order valence-corrected chi connectivity index (χ1v) is 15.1. The molecule has 2 aromatic carbocycles. The average Bonchev–Trinajstić information content (AvgIpc) is 2.96. The maximum atomic E-state index is 13.7. The Morgan fingerprint density at radius 3 is 2.23 bits per heavy atom. The molecule has 1 aromatic heterocycles. The van der Waals surface area contributed by atoms with Crippen molar-refractivity contribution in [2.24, 2.45) is 7.05 Å². The number of para-hydroxylation sites is 1. The van der Waals surface area contributed by atoms with Gasteiger partial charge in [-0.1, -0.05) is 82.9 Å². The fraction of sp³-hybridized carbons (Fsp3) is 0.486. The number of methoxy groups -OCH3 is 1. The van der Waals surface area contributed by atoms with Crippen LogP contribution >= 0.6 is 0 Å². The Bertz CT molecular complexity index is 1180. The van der Waals surface area contributed by atoms with Crippen LogP contribution in [0, 0.1) is 6.92 Å². The number of carbonyl (C=O) groups is 1. The Kier molecular flexibility index (Phi) is 13.5. The number of aromatic nitrogens is 1. The van der Waals surface area contributed by atoms with Crippen molar-refractivity contribution in [3.8, 4) is 11.5 Å². The van der Waals surface area contributed by atoms with E-state index in [0.29, 0.717) is 24.4 Å². The van der Waals surface area contributed by atoms with Crippen LogP contribution in [-0.2, 0) is 20.1 Å². The van der Waals surface area contributed by atoms with E-state index in [1.807, 2.05) is 59.1 Å². The highest BCUT2D eigenvalue weighted by atomic mass is 16.5. The highest BCUT2D eigenvalue weighted by Crippen LogP contribution is 2.24. The molecule has 40 heavy (non-hydrogen) atoms. The van der Waals surface area contributed by atoms with E-state index in [1.165, 1.54) is 57.8 Å². The fourth-order valence-electron chi connectivity index (χ4n) is 5.08. The van der Waals surface area contributed by atoms with E-state index in [-0.39, 0.29) is 5.91 Å². The van der Waals surface area contributed by atoms with Crippen molar-refractivity contribution in [1.82, 2.24) is 4.90 Å². The smallest absolute Gasteiger partial charge is 0.258 e. The van der Waals surface area contributed by atoms with E-state index in [2.05, 4.69) is 38.2 Å². The Morgan fingerprint density at radius 1 is 0.850 bits per heavy atom. The van der Waals surface area contributed by atoms with Crippen molar-refractivity contribution in [2.45, 2.75) is 91.1 Å². The third kappa shape index (κ3) is 10.3. The standard InChI is InChI=1S/C35H49N2O3/c1-5-6-7-8-9-10-11-12-13-16-24-40-32-22-21-31(29(2)25-32)28-37(27-30-18-17-23-36(3)26-30)35(38)33-19-14-15-20-34(33)39-4/h14-15,17-23,25-26H,5-13,16,24,27-28H2,1-4H3/q+1. The fourth-order valence-corrected chi connectivity index (χ4v) is 5.08. The van der Waals surface area contributed by atoms with Crippen molar-refractivity contribution < 1.29 is 18.8 Å². The lowest BCUT2D eigenvalue weighted by Gasteiger charge is -2.24. The molecule has 0 aliphatic carbocycles. The van der Waals surface area contributed by atoms with Gasteiger partial charge >= 0.3 is 0 Å². The van der Waals surface area contributed by atoms with E-state index in [1.54, 1.807) is 7.11 Å². The molecule has 0 radical (unpaired) electrons. The van der Waals surface area contributed by atoms with Crippen LogP contribution < -0.4 is 14.0 Å². The summed E-state index contributed by atoms with van der Waals surface area (Å²) in [4.78, 5) is 15.6. The molecular formula is C35H49N2O3+. The lowest BCUT2D eigenvalue weighted by molar-refractivity contribution is -0.672. The predicted molar refractivity (Wildman–Crippen MR) is 163 cm³/mol. The number of carbonyl (C=O) groups excluding carboxylic acids is 1. The van der Waals surface area contributed by atoms with Gasteiger partial charge in [0.1, 0.15) is 18.5 Å². The van der Waals surface area contributed by atoms with Gasteiger partial charge in [-0.25, -0.2) is 4.57 Å². The Balaban J connectivity index is 1.56. The van der Waals surface area contributed by atoms with Gasteiger partial charge in [0, 0.05) is 18.2 Å². The van der Waals surface area contributed by atoms with Crippen molar-refractivity contribution in [2.75, 3.05) is 13.7 Å². The first kappa shape index (κ1) is 31.2. The van der Waals surface area contributed by atoms with E-state index in [0.717, 1.165) is 35.5 Å². The van der Waals surface area contributed by atoms with Gasteiger partial charge in [0.25, 0.3) is 5.91 Å². The minimum absolute atomic E-state index is 0.0513. The van der Waals surface area contributed by atoms with Crippen LogP contribution in [0.5, 0.6) is 11.5 Å². The number of aryl methyl sites for hydroxylation is 2. The van der Waals surface area contributed by atoms with Crippen molar-refractivity contribution in [3.05, 3.63) is 89.2 Å². The van der Waals surface area contributed by atoms with Crippen LogP contribution in [0.1, 0.15) is 98.2 Å². The van der Waals surface area contributed by atoms with Crippen LogP contribution in [0.2, 0.25) is 0 Å². The van der Waals surface area contributed by atoms with Gasteiger partial charge in [0.15, 0.2) is 12.4 Å². The second-order valence-electron chi connectivity index (χ2n) is 10.9. The first-order valence-electron chi connectivity index (χ1n) is 15.1. The van der Waals surface area contributed by atoms with Crippen molar-refractivity contribution in [3.63, 3.8) is 0 Å². The molecule has 3 aromatic rings. The Labute approximate surface area is 242 Å². The molecule has 0 saturated carbocycles. The quantitative estimate of drug-likeness (QED) is 0.120. The number of nitrogens with zero attached hydrogens (tertiary/aromatic N) is 2. The normalized spacial score (nSPS) is 10.9. The van der Waals surface area contributed by atoms with Crippen molar-refractivity contribution in [1.29, 1.82) is 0 Å². The third-order valence-corrected chi connectivity index (χ3v) is 7.44. The minimum Gasteiger partial charge on any atom is -0.496 e. The number of unbranched alkanes of at least 4 members (excludes halogenated alkanes) is 9. The summed E-state index contributed by atoms with van der Waals surface area (Å²) in [6.07, 6.45) is 17.2. The van der Waals surface area contributed by atoms with Crippen LogP contribution in [-0.4, -0.2) is 24.5 Å². The highest BCUT2D eigenvalue weighted by Gasteiger charge is 2.21. The van der Waals surface area contributed by atoms with Crippen LogP contribution in [0.25, 0.3) is 0 Å². The molecule has 0 N–H and O–H groups in total.